The fraction of sp³-hybridized carbons (Fsp3) is 0.375. The van der Waals surface area contributed by atoms with E-state index in [1.54, 1.807) is 0 Å². The molecule has 0 spiro atoms. The van der Waals surface area contributed by atoms with Gasteiger partial charge in [-0.25, -0.2) is 4.68 Å². The number of aryl methyl sites for hydroxylation is 1. The number of carbonyl (C=O) groups is 1. The van der Waals surface area contributed by atoms with E-state index in [4.69, 9.17) is 0 Å². The molecule has 0 radical (unpaired) electrons. The van der Waals surface area contributed by atoms with E-state index in [0.717, 1.165) is 10.7 Å². The molecule has 1 heterocycles. The maximum absolute atomic E-state index is 13.3. The number of nitrogens with zero attached hydrogens (tertiary/aromatic N) is 2. The van der Waals surface area contributed by atoms with Gasteiger partial charge in [-0.15, -0.1) is 0 Å². The maximum Gasteiger partial charge on any atom is 0.418 e. The number of benzene rings is 1. The van der Waals surface area contributed by atoms with Gasteiger partial charge in [0, 0.05) is 6.42 Å². The smallest absolute Gasteiger partial charge is 0.294 e. The van der Waals surface area contributed by atoms with E-state index in [9.17, 15) is 31.1 Å². The summed E-state index contributed by atoms with van der Waals surface area (Å²) < 4.78 is 79.3. The van der Waals surface area contributed by atoms with Crippen LogP contribution in [0.15, 0.2) is 18.2 Å². The minimum Gasteiger partial charge on any atom is -0.294 e. The third kappa shape index (κ3) is 3.03. The molecule has 3 nitrogen and oxygen atoms in total. The van der Waals surface area contributed by atoms with Gasteiger partial charge in [-0.3, -0.25) is 4.79 Å². The van der Waals surface area contributed by atoms with Gasteiger partial charge in [-0.2, -0.15) is 31.4 Å². The topological polar surface area (TPSA) is 34.9 Å². The Labute approximate surface area is 138 Å². The first-order valence-corrected chi connectivity index (χ1v) is 7.40. The summed E-state index contributed by atoms with van der Waals surface area (Å²) in [6.45, 7) is 1.50. The van der Waals surface area contributed by atoms with Gasteiger partial charge in [0.25, 0.3) is 0 Å². The normalized spacial score (nSPS) is 15.4. The van der Waals surface area contributed by atoms with Crippen molar-refractivity contribution in [2.75, 3.05) is 0 Å². The highest BCUT2D eigenvalue weighted by Gasteiger charge is 2.39. The van der Waals surface area contributed by atoms with Gasteiger partial charge >= 0.3 is 12.4 Å². The van der Waals surface area contributed by atoms with Crippen LogP contribution in [-0.2, 0) is 18.8 Å². The van der Waals surface area contributed by atoms with Crippen LogP contribution in [-0.4, -0.2) is 15.6 Å². The van der Waals surface area contributed by atoms with Crippen molar-refractivity contribution in [1.82, 2.24) is 9.78 Å². The van der Waals surface area contributed by atoms with Crippen molar-refractivity contribution in [3.05, 3.63) is 46.3 Å². The summed E-state index contributed by atoms with van der Waals surface area (Å²) in [4.78, 5) is 12.0. The minimum atomic E-state index is -5.00. The largest absolute Gasteiger partial charge is 0.418 e. The molecule has 9 heteroatoms. The number of ketones is 1. The number of fused-ring (bicyclic) bond motifs is 1. The van der Waals surface area contributed by atoms with E-state index in [-0.39, 0.29) is 29.5 Å². The summed E-state index contributed by atoms with van der Waals surface area (Å²) in [5, 5.41) is 3.99. The van der Waals surface area contributed by atoms with Gasteiger partial charge in [0.1, 0.15) is 0 Å². The van der Waals surface area contributed by atoms with Gasteiger partial charge in [-0.1, -0.05) is 0 Å². The average molecular weight is 362 g/mol. The van der Waals surface area contributed by atoms with Gasteiger partial charge in [0.15, 0.2) is 5.78 Å². The van der Waals surface area contributed by atoms with Crippen LogP contribution in [0.4, 0.5) is 26.3 Å². The molecule has 0 aliphatic heterocycles. The van der Waals surface area contributed by atoms with Crippen LogP contribution in [0, 0.1) is 6.92 Å². The minimum absolute atomic E-state index is 0.0728. The molecule has 0 N–H and O–H groups in total. The van der Waals surface area contributed by atoms with Crippen molar-refractivity contribution in [3.63, 3.8) is 0 Å². The number of rotatable bonds is 1. The third-order valence-electron chi connectivity index (χ3n) is 4.11. The number of Topliss-reactive ketones (excluding diaryl/α,β-unsaturated/α-hetero) is 1. The van der Waals surface area contributed by atoms with Crippen LogP contribution in [0.2, 0.25) is 0 Å². The van der Waals surface area contributed by atoms with Crippen LogP contribution >= 0.6 is 0 Å². The standard InChI is InChI=1S/C16H12F6N2O/c1-8-14-12(3-2-4-13(14)25)24(23-8)11-6-5-9(15(17,18)19)7-10(11)16(20,21)22/h5-7H,2-4H2,1H3. The van der Waals surface area contributed by atoms with Crippen LogP contribution in [0.1, 0.15) is 45.7 Å². The number of alkyl halides is 6. The molecule has 1 aromatic carbocycles. The Bertz CT molecular complexity index is 848. The second-order valence-electron chi connectivity index (χ2n) is 5.82. The van der Waals surface area contributed by atoms with Crippen LogP contribution in [0.5, 0.6) is 0 Å². The zero-order chi connectivity index (χ0) is 18.6. The molecule has 1 aliphatic rings. The second-order valence-corrected chi connectivity index (χ2v) is 5.82. The average Bonchev–Trinajstić information content (AvgIpc) is 2.83. The Morgan fingerprint density at radius 2 is 1.72 bits per heavy atom. The highest BCUT2D eigenvalue weighted by atomic mass is 19.4. The van der Waals surface area contributed by atoms with Crippen molar-refractivity contribution in [2.45, 2.75) is 38.5 Å². The molecule has 0 unspecified atom stereocenters. The molecule has 2 aromatic rings. The molecular formula is C16H12F6N2O. The van der Waals surface area contributed by atoms with E-state index < -0.39 is 29.2 Å². The van der Waals surface area contributed by atoms with Gasteiger partial charge < -0.3 is 0 Å². The maximum atomic E-state index is 13.3. The molecule has 25 heavy (non-hydrogen) atoms. The number of aromatic nitrogens is 2. The van der Waals surface area contributed by atoms with Crippen LogP contribution in [0.3, 0.4) is 0 Å². The van der Waals surface area contributed by atoms with E-state index in [2.05, 4.69) is 5.10 Å². The second kappa shape index (κ2) is 5.60. The molecule has 0 saturated carbocycles. The van der Waals surface area contributed by atoms with Crippen molar-refractivity contribution in [3.8, 4) is 5.69 Å². The summed E-state index contributed by atoms with van der Waals surface area (Å²) in [6.07, 6.45) is -8.83. The number of hydrogen-bond acceptors (Lipinski definition) is 2. The lowest BCUT2D eigenvalue weighted by Crippen LogP contribution is -2.18. The first-order chi connectivity index (χ1) is 11.5. The summed E-state index contributed by atoms with van der Waals surface area (Å²) in [5.41, 5.74) is -2.51. The molecule has 0 amide bonds. The Kier molecular flexibility index (Phi) is 3.92. The Hall–Kier alpha value is -2.32. The molecule has 0 saturated heterocycles. The van der Waals surface area contributed by atoms with Crippen molar-refractivity contribution < 1.29 is 31.1 Å². The summed E-state index contributed by atoms with van der Waals surface area (Å²) in [7, 11) is 0. The lowest BCUT2D eigenvalue weighted by Gasteiger charge is -2.18. The Morgan fingerprint density at radius 3 is 2.32 bits per heavy atom. The third-order valence-corrected chi connectivity index (χ3v) is 4.11. The molecule has 3 rings (SSSR count). The predicted octanol–water partition coefficient (Wildman–Crippen LogP) is 4.74. The van der Waals surface area contributed by atoms with E-state index in [1.807, 2.05) is 0 Å². The SMILES string of the molecule is Cc1nn(-c2ccc(C(F)(F)F)cc2C(F)(F)F)c2c1C(=O)CCC2. The molecule has 1 aromatic heterocycles. The van der Waals surface area contributed by atoms with Gasteiger partial charge in [0.05, 0.1) is 33.8 Å². The predicted molar refractivity (Wildman–Crippen MR) is 75.6 cm³/mol. The molecule has 0 fully saturated rings. The molecule has 0 bridgehead atoms. The molecular weight excluding hydrogens is 350 g/mol. The van der Waals surface area contributed by atoms with Gasteiger partial charge in [0.2, 0.25) is 0 Å². The summed E-state index contributed by atoms with van der Waals surface area (Å²) in [5.74, 6) is -0.217. The van der Waals surface area contributed by atoms with E-state index >= 15 is 0 Å². The highest BCUT2D eigenvalue weighted by Crippen LogP contribution is 2.39. The van der Waals surface area contributed by atoms with Crippen molar-refractivity contribution >= 4 is 5.78 Å². The first kappa shape index (κ1) is 17.5. The Morgan fingerprint density at radius 1 is 1.04 bits per heavy atom. The molecule has 1 aliphatic carbocycles. The van der Waals surface area contributed by atoms with E-state index in [1.165, 1.54) is 6.92 Å². The summed E-state index contributed by atoms with van der Waals surface area (Å²) in [6, 6.07) is 1.40. The van der Waals surface area contributed by atoms with Crippen molar-refractivity contribution in [1.29, 1.82) is 0 Å². The zero-order valence-corrected chi connectivity index (χ0v) is 12.9. The lowest BCUT2D eigenvalue weighted by molar-refractivity contribution is -0.143. The van der Waals surface area contributed by atoms with Crippen LogP contribution < -0.4 is 0 Å². The number of hydrogen-bond donors (Lipinski definition) is 0. The fourth-order valence-corrected chi connectivity index (χ4v) is 3.03. The fourth-order valence-electron chi connectivity index (χ4n) is 3.03. The monoisotopic (exact) mass is 362 g/mol. The van der Waals surface area contributed by atoms with Gasteiger partial charge in [-0.05, 0) is 38.0 Å². The quantitative estimate of drug-likeness (QED) is 0.687. The highest BCUT2D eigenvalue weighted by molar-refractivity contribution is 5.99. The Balaban J connectivity index is 2.25. The molecule has 134 valence electrons. The van der Waals surface area contributed by atoms with Crippen molar-refractivity contribution in [2.24, 2.45) is 0 Å². The summed E-state index contributed by atoms with van der Waals surface area (Å²) >= 11 is 0. The first-order valence-electron chi connectivity index (χ1n) is 7.40. The number of halogens is 6. The molecule has 0 atom stereocenters. The lowest BCUT2D eigenvalue weighted by atomic mass is 9.94. The number of carbonyl (C=O) groups excluding carboxylic acids is 1. The van der Waals surface area contributed by atoms with Crippen LogP contribution in [0.25, 0.3) is 5.69 Å². The zero-order valence-electron chi connectivity index (χ0n) is 12.9. The van der Waals surface area contributed by atoms with E-state index in [0.29, 0.717) is 24.6 Å².